The third-order valence-corrected chi connectivity index (χ3v) is 3.60. The molecule has 2 unspecified atom stereocenters. The van der Waals surface area contributed by atoms with Crippen LogP contribution in [-0.2, 0) is 0 Å². The molecule has 114 valence electrons. The van der Waals surface area contributed by atoms with E-state index >= 15 is 0 Å². The molecule has 4 nitrogen and oxygen atoms in total. The van der Waals surface area contributed by atoms with Crippen molar-refractivity contribution < 1.29 is 5.11 Å². The summed E-state index contributed by atoms with van der Waals surface area (Å²) in [6.45, 7) is 7.00. The maximum Gasteiger partial charge on any atom is 0.0991 e. The van der Waals surface area contributed by atoms with E-state index in [0.29, 0.717) is 12.5 Å². The zero-order chi connectivity index (χ0) is 15.2. The molecule has 2 rings (SSSR count). The molecule has 4 heteroatoms. The summed E-state index contributed by atoms with van der Waals surface area (Å²) in [5.74, 6) is 0.520. The van der Waals surface area contributed by atoms with E-state index in [1.165, 1.54) is 5.56 Å². The van der Waals surface area contributed by atoms with Gasteiger partial charge in [0.1, 0.15) is 0 Å². The van der Waals surface area contributed by atoms with Gasteiger partial charge < -0.3 is 15.0 Å². The third kappa shape index (κ3) is 4.69. The first kappa shape index (κ1) is 15.7. The van der Waals surface area contributed by atoms with E-state index in [1.54, 1.807) is 12.5 Å². The van der Waals surface area contributed by atoms with Gasteiger partial charge in [0.05, 0.1) is 12.4 Å². The average molecular weight is 287 g/mol. The number of nitrogens with one attached hydrogen (secondary N) is 1. The summed E-state index contributed by atoms with van der Waals surface area (Å²) >= 11 is 0. The van der Waals surface area contributed by atoms with Gasteiger partial charge in [-0.3, -0.25) is 0 Å². The molecule has 1 aromatic heterocycles. The van der Waals surface area contributed by atoms with Crippen molar-refractivity contribution in [1.82, 2.24) is 14.9 Å². The van der Waals surface area contributed by atoms with Gasteiger partial charge in [-0.25, -0.2) is 4.98 Å². The zero-order valence-corrected chi connectivity index (χ0v) is 13.0. The molecule has 1 heterocycles. The van der Waals surface area contributed by atoms with E-state index in [9.17, 15) is 5.11 Å². The number of aliphatic hydroxyl groups is 1. The summed E-state index contributed by atoms with van der Waals surface area (Å²) in [6.07, 6.45) is 6.04. The molecular weight excluding hydrogens is 262 g/mol. The van der Waals surface area contributed by atoms with Crippen LogP contribution in [0.15, 0.2) is 43.0 Å². The maximum absolute atomic E-state index is 9.91. The van der Waals surface area contributed by atoms with Crippen LogP contribution in [0.2, 0.25) is 0 Å². The van der Waals surface area contributed by atoms with Gasteiger partial charge in [-0.2, -0.15) is 0 Å². The molecule has 0 aliphatic heterocycles. The van der Waals surface area contributed by atoms with E-state index in [-0.39, 0.29) is 12.1 Å². The highest BCUT2D eigenvalue weighted by Gasteiger charge is 2.10. The standard InChI is InChI=1S/C17H25N3O/c1-13(2)10-17(21)11-19-14(3)15-4-6-16(7-5-15)20-9-8-18-12-20/h4-9,12-14,17,19,21H,10-11H2,1-3H3. The summed E-state index contributed by atoms with van der Waals surface area (Å²) in [4.78, 5) is 4.05. The first-order valence-electron chi connectivity index (χ1n) is 7.56. The third-order valence-electron chi connectivity index (χ3n) is 3.60. The van der Waals surface area contributed by atoms with Crippen LogP contribution in [-0.4, -0.2) is 27.3 Å². The minimum atomic E-state index is -0.280. The largest absolute Gasteiger partial charge is 0.392 e. The second kappa shape index (κ2) is 7.38. The molecule has 0 bridgehead atoms. The average Bonchev–Trinajstić information content (AvgIpc) is 2.98. The fraction of sp³-hybridized carbons (Fsp3) is 0.471. The highest BCUT2D eigenvalue weighted by molar-refractivity contribution is 5.35. The van der Waals surface area contributed by atoms with Crippen molar-refractivity contribution in [2.75, 3.05) is 6.54 Å². The topological polar surface area (TPSA) is 50.1 Å². The van der Waals surface area contributed by atoms with Crippen molar-refractivity contribution in [3.8, 4) is 5.69 Å². The van der Waals surface area contributed by atoms with Crippen LogP contribution < -0.4 is 5.32 Å². The summed E-state index contributed by atoms with van der Waals surface area (Å²) in [5, 5.41) is 13.3. The minimum absolute atomic E-state index is 0.226. The Balaban J connectivity index is 1.89. The highest BCUT2D eigenvalue weighted by atomic mass is 16.3. The lowest BCUT2D eigenvalue weighted by atomic mass is 10.0. The fourth-order valence-corrected chi connectivity index (χ4v) is 2.41. The van der Waals surface area contributed by atoms with Gasteiger partial charge in [-0.1, -0.05) is 26.0 Å². The smallest absolute Gasteiger partial charge is 0.0991 e. The number of hydrogen-bond donors (Lipinski definition) is 2. The molecule has 0 radical (unpaired) electrons. The molecule has 0 aliphatic carbocycles. The predicted molar refractivity (Wildman–Crippen MR) is 85.4 cm³/mol. The summed E-state index contributed by atoms with van der Waals surface area (Å²) in [5.41, 5.74) is 2.32. The number of hydrogen-bond acceptors (Lipinski definition) is 3. The lowest BCUT2D eigenvalue weighted by molar-refractivity contribution is 0.143. The minimum Gasteiger partial charge on any atom is -0.392 e. The summed E-state index contributed by atoms with van der Waals surface area (Å²) < 4.78 is 1.98. The van der Waals surface area contributed by atoms with Crippen LogP contribution in [0.1, 0.15) is 38.8 Å². The van der Waals surface area contributed by atoms with Crippen molar-refractivity contribution >= 4 is 0 Å². The van der Waals surface area contributed by atoms with Gasteiger partial charge >= 0.3 is 0 Å². The van der Waals surface area contributed by atoms with E-state index in [4.69, 9.17) is 0 Å². The second-order valence-corrected chi connectivity index (χ2v) is 5.97. The van der Waals surface area contributed by atoms with Gasteiger partial charge in [0, 0.05) is 30.7 Å². The Morgan fingerprint density at radius 3 is 2.48 bits per heavy atom. The number of imidazole rings is 1. The van der Waals surface area contributed by atoms with Crippen molar-refractivity contribution in [1.29, 1.82) is 0 Å². The molecule has 21 heavy (non-hydrogen) atoms. The number of aromatic nitrogens is 2. The van der Waals surface area contributed by atoms with E-state index in [2.05, 4.69) is 55.3 Å². The quantitative estimate of drug-likeness (QED) is 0.823. The van der Waals surface area contributed by atoms with Crippen molar-refractivity contribution in [3.05, 3.63) is 48.5 Å². The maximum atomic E-state index is 9.91. The lowest BCUT2D eigenvalue weighted by Gasteiger charge is -2.19. The molecule has 1 aromatic carbocycles. The van der Waals surface area contributed by atoms with E-state index in [0.717, 1.165) is 12.1 Å². The van der Waals surface area contributed by atoms with Crippen molar-refractivity contribution in [3.63, 3.8) is 0 Å². The molecule has 0 amide bonds. The molecule has 0 saturated heterocycles. The predicted octanol–water partition coefficient (Wildman–Crippen LogP) is 2.93. The molecular formula is C17H25N3O. The van der Waals surface area contributed by atoms with Gasteiger partial charge in [-0.05, 0) is 37.0 Å². The Bertz CT molecular complexity index is 519. The van der Waals surface area contributed by atoms with Gasteiger partial charge in [-0.15, -0.1) is 0 Å². The second-order valence-electron chi connectivity index (χ2n) is 5.97. The van der Waals surface area contributed by atoms with Crippen LogP contribution >= 0.6 is 0 Å². The van der Waals surface area contributed by atoms with E-state index < -0.39 is 0 Å². The van der Waals surface area contributed by atoms with Gasteiger partial charge in [0.25, 0.3) is 0 Å². The van der Waals surface area contributed by atoms with E-state index in [1.807, 2.05) is 10.8 Å². The molecule has 0 spiro atoms. The van der Waals surface area contributed by atoms with Crippen molar-refractivity contribution in [2.24, 2.45) is 5.92 Å². The van der Waals surface area contributed by atoms with Crippen LogP contribution in [0.4, 0.5) is 0 Å². The van der Waals surface area contributed by atoms with Crippen molar-refractivity contribution in [2.45, 2.75) is 39.3 Å². The zero-order valence-electron chi connectivity index (χ0n) is 13.0. The number of nitrogens with zero attached hydrogens (tertiary/aromatic N) is 2. The van der Waals surface area contributed by atoms with Crippen LogP contribution in [0.25, 0.3) is 5.69 Å². The Kier molecular flexibility index (Phi) is 5.53. The van der Waals surface area contributed by atoms with Gasteiger partial charge in [0.15, 0.2) is 0 Å². The van der Waals surface area contributed by atoms with Crippen LogP contribution in [0, 0.1) is 5.92 Å². The monoisotopic (exact) mass is 287 g/mol. The Hall–Kier alpha value is -1.65. The summed E-state index contributed by atoms with van der Waals surface area (Å²) in [6, 6.07) is 8.62. The highest BCUT2D eigenvalue weighted by Crippen LogP contribution is 2.16. The van der Waals surface area contributed by atoms with Gasteiger partial charge in [0.2, 0.25) is 0 Å². The molecule has 0 saturated carbocycles. The molecule has 2 N–H and O–H groups in total. The van der Waals surface area contributed by atoms with Crippen LogP contribution in [0.3, 0.4) is 0 Å². The number of aliphatic hydroxyl groups excluding tert-OH is 1. The number of rotatable bonds is 7. The first-order valence-corrected chi connectivity index (χ1v) is 7.56. The Labute approximate surface area is 126 Å². The number of benzene rings is 1. The molecule has 0 aliphatic rings. The summed E-state index contributed by atoms with van der Waals surface area (Å²) in [7, 11) is 0. The molecule has 2 aromatic rings. The lowest BCUT2D eigenvalue weighted by Crippen LogP contribution is -2.30. The SMILES string of the molecule is CC(C)CC(O)CNC(C)c1ccc(-n2ccnc2)cc1. The normalized spacial score (nSPS) is 14.3. The van der Waals surface area contributed by atoms with Crippen LogP contribution in [0.5, 0.6) is 0 Å². The Morgan fingerprint density at radius 1 is 1.19 bits per heavy atom. The first-order chi connectivity index (χ1) is 10.1. The Morgan fingerprint density at radius 2 is 1.90 bits per heavy atom. The molecule has 2 atom stereocenters. The fourth-order valence-electron chi connectivity index (χ4n) is 2.41. The molecule has 0 fully saturated rings.